The van der Waals surface area contributed by atoms with Gasteiger partial charge in [-0.2, -0.15) is 0 Å². The summed E-state index contributed by atoms with van der Waals surface area (Å²) in [5.74, 6) is -0.0721. The number of nitrogens with one attached hydrogen (secondary N) is 2. The summed E-state index contributed by atoms with van der Waals surface area (Å²) in [5, 5.41) is 4.53. The maximum absolute atomic E-state index is 12.1. The van der Waals surface area contributed by atoms with Crippen molar-refractivity contribution in [1.29, 1.82) is 0 Å². The first-order chi connectivity index (χ1) is 9.72. The third kappa shape index (κ3) is 1.82. The van der Waals surface area contributed by atoms with Gasteiger partial charge in [0.15, 0.2) is 0 Å². The molecule has 4 nitrogen and oxygen atoms in total. The number of pyridine rings is 1. The first-order valence-corrected chi connectivity index (χ1v) is 7.39. The Kier molecular flexibility index (Phi) is 2.44. The molecule has 0 unspecified atom stereocenters. The number of H-pyrrole nitrogens is 1. The van der Waals surface area contributed by atoms with E-state index in [0.717, 1.165) is 28.4 Å². The summed E-state index contributed by atoms with van der Waals surface area (Å²) in [6, 6.07) is 9.68. The van der Waals surface area contributed by atoms with Crippen molar-refractivity contribution in [3.8, 4) is 0 Å². The van der Waals surface area contributed by atoms with Crippen LogP contribution in [0.4, 0.5) is 0 Å². The monoisotopic (exact) mass is 284 g/mol. The molecule has 2 N–H and O–H groups in total. The number of fused-ring (bicyclic) bond motifs is 3. The third-order valence-corrected chi connectivity index (χ3v) is 4.70. The van der Waals surface area contributed by atoms with E-state index in [1.165, 1.54) is 11.3 Å². The predicted octanol–water partition coefficient (Wildman–Crippen LogP) is 2.64. The lowest BCUT2D eigenvalue weighted by molar-refractivity contribution is 0.0955. The molecule has 1 aliphatic carbocycles. The molecule has 0 spiro atoms. The summed E-state index contributed by atoms with van der Waals surface area (Å²) in [5.41, 5.74) is 0.668. The fourth-order valence-electron chi connectivity index (χ4n) is 2.34. The van der Waals surface area contributed by atoms with Crippen LogP contribution in [-0.4, -0.2) is 16.9 Å². The molecule has 1 saturated carbocycles. The van der Waals surface area contributed by atoms with Crippen LogP contribution in [0, 0.1) is 0 Å². The van der Waals surface area contributed by atoms with Crippen molar-refractivity contribution in [3.63, 3.8) is 0 Å². The van der Waals surface area contributed by atoms with Crippen LogP contribution >= 0.6 is 11.3 Å². The Hall–Kier alpha value is -2.14. The Bertz CT molecular complexity index is 890. The number of carbonyl (C=O) groups excluding carboxylic acids is 1. The number of hydrogen-bond donors (Lipinski definition) is 2. The number of rotatable bonds is 2. The van der Waals surface area contributed by atoms with Crippen molar-refractivity contribution in [2.75, 3.05) is 0 Å². The first-order valence-electron chi connectivity index (χ1n) is 6.58. The second kappa shape index (κ2) is 4.18. The molecular formula is C15H12N2O2S. The van der Waals surface area contributed by atoms with Crippen LogP contribution in [0.2, 0.25) is 0 Å². The number of aromatic nitrogens is 1. The van der Waals surface area contributed by atoms with Gasteiger partial charge in [-0.15, -0.1) is 11.3 Å². The van der Waals surface area contributed by atoms with Crippen molar-refractivity contribution < 1.29 is 4.79 Å². The number of aromatic amines is 1. The minimum Gasteiger partial charge on any atom is -0.349 e. The maximum Gasteiger partial charge on any atom is 0.261 e. The summed E-state index contributed by atoms with van der Waals surface area (Å²) in [7, 11) is 0. The molecule has 0 saturated heterocycles. The lowest BCUT2D eigenvalue weighted by Crippen LogP contribution is -2.24. The molecule has 1 fully saturated rings. The third-order valence-electron chi connectivity index (χ3n) is 3.53. The van der Waals surface area contributed by atoms with Gasteiger partial charge in [0.25, 0.3) is 11.5 Å². The lowest BCUT2D eigenvalue weighted by Gasteiger charge is -1.98. The van der Waals surface area contributed by atoms with E-state index in [-0.39, 0.29) is 11.5 Å². The van der Waals surface area contributed by atoms with Crippen LogP contribution in [0.3, 0.4) is 0 Å². The second-order valence-electron chi connectivity index (χ2n) is 5.10. The Balaban J connectivity index is 1.93. The van der Waals surface area contributed by atoms with Crippen molar-refractivity contribution in [2.24, 2.45) is 0 Å². The molecule has 0 radical (unpaired) electrons. The molecule has 4 rings (SSSR count). The highest BCUT2D eigenvalue weighted by atomic mass is 32.1. The SMILES string of the molecule is O=C(NC1CC1)c1cc2c(=O)[nH]c3ccccc3c2s1. The fraction of sp³-hybridized carbons (Fsp3) is 0.200. The number of hydrogen-bond acceptors (Lipinski definition) is 3. The lowest BCUT2D eigenvalue weighted by atomic mass is 10.2. The second-order valence-corrected chi connectivity index (χ2v) is 6.15. The molecular weight excluding hydrogens is 272 g/mol. The van der Waals surface area contributed by atoms with Crippen molar-refractivity contribution in [3.05, 3.63) is 45.6 Å². The zero-order valence-corrected chi connectivity index (χ0v) is 11.4. The van der Waals surface area contributed by atoms with E-state index < -0.39 is 0 Å². The topological polar surface area (TPSA) is 62.0 Å². The number of amides is 1. The van der Waals surface area contributed by atoms with Gasteiger partial charge in [0.05, 0.1) is 10.3 Å². The number of thiophene rings is 1. The molecule has 100 valence electrons. The normalized spacial score (nSPS) is 14.8. The van der Waals surface area contributed by atoms with Gasteiger partial charge in [0.2, 0.25) is 0 Å². The molecule has 2 heterocycles. The van der Waals surface area contributed by atoms with E-state index in [2.05, 4.69) is 10.3 Å². The van der Waals surface area contributed by atoms with Crippen LogP contribution in [-0.2, 0) is 0 Å². The molecule has 2 aromatic heterocycles. The van der Waals surface area contributed by atoms with Gasteiger partial charge in [-0.1, -0.05) is 18.2 Å². The molecule has 1 aliphatic rings. The summed E-state index contributed by atoms with van der Waals surface area (Å²) < 4.78 is 0.880. The number of carbonyl (C=O) groups is 1. The zero-order valence-electron chi connectivity index (χ0n) is 10.6. The molecule has 20 heavy (non-hydrogen) atoms. The van der Waals surface area contributed by atoms with Crippen LogP contribution in [0.5, 0.6) is 0 Å². The maximum atomic E-state index is 12.1. The van der Waals surface area contributed by atoms with Gasteiger partial charge < -0.3 is 10.3 Å². The molecule has 0 atom stereocenters. The highest BCUT2D eigenvalue weighted by Crippen LogP contribution is 2.30. The highest BCUT2D eigenvalue weighted by molar-refractivity contribution is 7.21. The van der Waals surface area contributed by atoms with E-state index in [1.807, 2.05) is 24.3 Å². The minimum absolute atomic E-state index is 0.0721. The standard InChI is InChI=1S/C15H12N2O2S/c18-14-10-7-12(15(19)16-8-5-6-8)20-13(10)9-3-1-2-4-11(9)17-14/h1-4,7-8H,5-6H2,(H,16,19)(H,17,18). The summed E-state index contributed by atoms with van der Waals surface area (Å²) in [4.78, 5) is 27.6. The van der Waals surface area contributed by atoms with Gasteiger partial charge in [-0.05, 0) is 25.0 Å². The van der Waals surface area contributed by atoms with Crippen LogP contribution in [0.15, 0.2) is 35.1 Å². The van der Waals surface area contributed by atoms with Crippen LogP contribution in [0.25, 0.3) is 21.0 Å². The molecule has 0 bridgehead atoms. The van der Waals surface area contributed by atoms with Gasteiger partial charge in [0, 0.05) is 21.6 Å². The molecule has 5 heteroatoms. The predicted molar refractivity (Wildman–Crippen MR) is 80.4 cm³/mol. The van der Waals surface area contributed by atoms with E-state index in [4.69, 9.17) is 0 Å². The number of para-hydroxylation sites is 1. The Morgan fingerprint density at radius 3 is 2.85 bits per heavy atom. The van der Waals surface area contributed by atoms with Crippen LogP contribution in [0.1, 0.15) is 22.5 Å². The highest BCUT2D eigenvalue weighted by Gasteiger charge is 2.25. The van der Waals surface area contributed by atoms with Crippen LogP contribution < -0.4 is 10.9 Å². The average Bonchev–Trinajstić information content (AvgIpc) is 3.13. The van der Waals surface area contributed by atoms with Gasteiger partial charge in [-0.3, -0.25) is 9.59 Å². The van der Waals surface area contributed by atoms with Crippen molar-refractivity contribution in [2.45, 2.75) is 18.9 Å². The molecule has 0 aliphatic heterocycles. The summed E-state index contributed by atoms with van der Waals surface area (Å²) >= 11 is 1.39. The van der Waals surface area contributed by atoms with Gasteiger partial charge in [-0.25, -0.2) is 0 Å². The Morgan fingerprint density at radius 1 is 1.25 bits per heavy atom. The molecule has 1 amide bonds. The minimum atomic E-state index is -0.138. The number of benzene rings is 1. The summed E-state index contributed by atoms with van der Waals surface area (Å²) in [6.45, 7) is 0. The average molecular weight is 284 g/mol. The molecule has 3 aromatic rings. The van der Waals surface area contributed by atoms with E-state index in [0.29, 0.717) is 16.3 Å². The van der Waals surface area contributed by atoms with Crippen molar-refractivity contribution in [1.82, 2.24) is 10.3 Å². The summed E-state index contributed by atoms with van der Waals surface area (Å²) in [6.07, 6.45) is 2.11. The molecule has 1 aromatic carbocycles. The quantitative estimate of drug-likeness (QED) is 0.760. The van der Waals surface area contributed by atoms with Crippen molar-refractivity contribution >= 4 is 38.2 Å². The Morgan fingerprint density at radius 2 is 2.05 bits per heavy atom. The van der Waals surface area contributed by atoms with E-state index >= 15 is 0 Å². The first kappa shape index (κ1) is 11.7. The largest absolute Gasteiger partial charge is 0.349 e. The van der Waals surface area contributed by atoms with Gasteiger partial charge >= 0.3 is 0 Å². The fourth-order valence-corrected chi connectivity index (χ4v) is 3.43. The Labute approximate surface area is 118 Å². The van der Waals surface area contributed by atoms with E-state index in [1.54, 1.807) is 6.07 Å². The van der Waals surface area contributed by atoms with Gasteiger partial charge in [0.1, 0.15) is 0 Å². The zero-order chi connectivity index (χ0) is 13.7. The smallest absolute Gasteiger partial charge is 0.261 e. The van der Waals surface area contributed by atoms with E-state index in [9.17, 15) is 9.59 Å².